The van der Waals surface area contributed by atoms with Gasteiger partial charge in [0, 0.05) is 26.2 Å². The van der Waals surface area contributed by atoms with E-state index in [1.165, 1.54) is 32.1 Å². The number of hydrogen-bond acceptors (Lipinski definition) is 3. The molecule has 0 bridgehead atoms. The molecule has 1 saturated carbocycles. The number of ether oxygens (including phenoxy) is 1. The third-order valence-corrected chi connectivity index (χ3v) is 4.62. The van der Waals surface area contributed by atoms with E-state index in [-0.39, 0.29) is 24.4 Å². The molecule has 5 heteroatoms. The van der Waals surface area contributed by atoms with Crippen molar-refractivity contribution in [3.8, 4) is 0 Å². The van der Waals surface area contributed by atoms with E-state index in [4.69, 9.17) is 4.74 Å². The molecule has 0 aromatic heterocycles. The molecule has 1 spiro atoms. The SMILES string of the molecule is Cl.O=C(C1CNCCO1)N1CCC2(CCCC2)C1. The third kappa shape index (κ3) is 2.65. The monoisotopic (exact) mass is 274 g/mol. The highest BCUT2D eigenvalue weighted by Crippen LogP contribution is 2.45. The number of amides is 1. The number of nitrogens with zero attached hydrogens (tertiary/aromatic N) is 1. The molecule has 104 valence electrons. The summed E-state index contributed by atoms with van der Waals surface area (Å²) in [5.74, 6) is 0.209. The minimum Gasteiger partial charge on any atom is -0.366 e. The van der Waals surface area contributed by atoms with E-state index in [0.29, 0.717) is 18.6 Å². The molecule has 1 aliphatic carbocycles. The summed E-state index contributed by atoms with van der Waals surface area (Å²) in [7, 11) is 0. The van der Waals surface area contributed by atoms with Gasteiger partial charge >= 0.3 is 0 Å². The molecule has 2 saturated heterocycles. The van der Waals surface area contributed by atoms with Gasteiger partial charge in [0.05, 0.1) is 6.61 Å². The van der Waals surface area contributed by atoms with E-state index >= 15 is 0 Å². The molecule has 1 atom stereocenters. The molecule has 3 rings (SSSR count). The normalized spacial score (nSPS) is 30.4. The smallest absolute Gasteiger partial charge is 0.253 e. The molecule has 3 aliphatic rings. The molecule has 4 nitrogen and oxygen atoms in total. The molecule has 1 unspecified atom stereocenters. The van der Waals surface area contributed by atoms with Gasteiger partial charge in [0.1, 0.15) is 6.10 Å². The summed E-state index contributed by atoms with van der Waals surface area (Å²) in [6, 6.07) is 0. The molecular weight excluding hydrogens is 252 g/mol. The molecule has 1 amide bonds. The molecule has 0 aromatic rings. The maximum absolute atomic E-state index is 12.3. The third-order valence-electron chi connectivity index (χ3n) is 4.62. The first kappa shape index (κ1) is 14.1. The molecular formula is C13H23ClN2O2. The highest BCUT2D eigenvalue weighted by Gasteiger charge is 2.43. The Morgan fingerprint density at radius 2 is 2.06 bits per heavy atom. The lowest BCUT2D eigenvalue weighted by molar-refractivity contribution is -0.144. The minimum atomic E-state index is -0.236. The zero-order valence-electron chi connectivity index (χ0n) is 10.8. The standard InChI is InChI=1S/C13H22N2O2.ClH/c16-12(11-9-14-6-8-17-11)15-7-5-13(10-15)3-1-2-4-13;/h11,14H,1-10H2;1H. The summed E-state index contributed by atoms with van der Waals surface area (Å²) < 4.78 is 5.55. The number of halogens is 1. The predicted octanol–water partition coefficient (Wildman–Crippen LogP) is 1.19. The van der Waals surface area contributed by atoms with Crippen LogP contribution in [0.5, 0.6) is 0 Å². The van der Waals surface area contributed by atoms with Gasteiger partial charge in [0.2, 0.25) is 0 Å². The lowest BCUT2D eigenvalue weighted by Crippen LogP contribution is -2.49. The first-order chi connectivity index (χ1) is 8.29. The van der Waals surface area contributed by atoms with Crippen molar-refractivity contribution in [3.63, 3.8) is 0 Å². The van der Waals surface area contributed by atoms with Crippen molar-refractivity contribution in [2.45, 2.75) is 38.2 Å². The topological polar surface area (TPSA) is 41.6 Å². The van der Waals surface area contributed by atoms with Gasteiger partial charge in [-0.1, -0.05) is 12.8 Å². The molecule has 3 fully saturated rings. The number of nitrogens with one attached hydrogen (secondary N) is 1. The van der Waals surface area contributed by atoms with Crippen LogP contribution in [0, 0.1) is 5.41 Å². The van der Waals surface area contributed by atoms with Gasteiger partial charge in [0.25, 0.3) is 5.91 Å². The average Bonchev–Trinajstić information content (AvgIpc) is 3.01. The highest BCUT2D eigenvalue weighted by atomic mass is 35.5. The Hall–Kier alpha value is -0.320. The van der Waals surface area contributed by atoms with Crippen LogP contribution >= 0.6 is 12.4 Å². The van der Waals surface area contributed by atoms with Crippen LogP contribution in [0.4, 0.5) is 0 Å². The Morgan fingerprint density at radius 1 is 1.28 bits per heavy atom. The number of hydrogen-bond donors (Lipinski definition) is 1. The van der Waals surface area contributed by atoms with Crippen molar-refractivity contribution in [1.29, 1.82) is 0 Å². The number of likely N-dealkylation sites (tertiary alicyclic amines) is 1. The number of rotatable bonds is 1. The Labute approximate surface area is 115 Å². The summed E-state index contributed by atoms with van der Waals surface area (Å²) in [5, 5.41) is 3.23. The van der Waals surface area contributed by atoms with Crippen molar-refractivity contribution in [2.75, 3.05) is 32.8 Å². The van der Waals surface area contributed by atoms with E-state index in [0.717, 1.165) is 19.6 Å². The quantitative estimate of drug-likeness (QED) is 0.781. The van der Waals surface area contributed by atoms with E-state index < -0.39 is 0 Å². The van der Waals surface area contributed by atoms with Crippen LogP contribution < -0.4 is 5.32 Å². The van der Waals surface area contributed by atoms with Gasteiger partial charge < -0.3 is 15.0 Å². The van der Waals surface area contributed by atoms with Crippen LogP contribution in [-0.4, -0.2) is 49.7 Å². The lowest BCUT2D eigenvalue weighted by atomic mass is 9.86. The second-order valence-electron chi connectivity index (χ2n) is 5.78. The Morgan fingerprint density at radius 3 is 2.72 bits per heavy atom. The van der Waals surface area contributed by atoms with Crippen LogP contribution in [0.2, 0.25) is 0 Å². The van der Waals surface area contributed by atoms with Crippen molar-refractivity contribution in [1.82, 2.24) is 10.2 Å². The summed E-state index contributed by atoms with van der Waals surface area (Å²) in [6.45, 7) is 4.13. The first-order valence-electron chi connectivity index (χ1n) is 6.90. The molecule has 2 aliphatic heterocycles. The average molecular weight is 275 g/mol. The first-order valence-corrected chi connectivity index (χ1v) is 6.90. The zero-order valence-corrected chi connectivity index (χ0v) is 11.6. The van der Waals surface area contributed by atoms with Crippen molar-refractivity contribution < 1.29 is 9.53 Å². The van der Waals surface area contributed by atoms with E-state index in [2.05, 4.69) is 5.32 Å². The number of carbonyl (C=O) groups is 1. The molecule has 18 heavy (non-hydrogen) atoms. The molecule has 2 heterocycles. The fourth-order valence-electron chi connectivity index (χ4n) is 3.58. The Balaban J connectivity index is 0.00000120. The Kier molecular flexibility index (Phi) is 4.51. The van der Waals surface area contributed by atoms with E-state index in [9.17, 15) is 4.79 Å². The largest absolute Gasteiger partial charge is 0.366 e. The van der Waals surface area contributed by atoms with Crippen LogP contribution in [-0.2, 0) is 9.53 Å². The minimum absolute atomic E-state index is 0. The van der Waals surface area contributed by atoms with Crippen molar-refractivity contribution in [3.05, 3.63) is 0 Å². The second-order valence-corrected chi connectivity index (χ2v) is 5.78. The molecule has 0 aromatic carbocycles. The van der Waals surface area contributed by atoms with Crippen LogP contribution in [0.25, 0.3) is 0 Å². The maximum Gasteiger partial charge on any atom is 0.253 e. The van der Waals surface area contributed by atoms with Crippen LogP contribution in [0.15, 0.2) is 0 Å². The highest BCUT2D eigenvalue weighted by molar-refractivity contribution is 5.85. The van der Waals surface area contributed by atoms with Gasteiger partial charge in [-0.15, -0.1) is 12.4 Å². The van der Waals surface area contributed by atoms with Crippen molar-refractivity contribution in [2.24, 2.45) is 5.41 Å². The second kappa shape index (κ2) is 5.76. The van der Waals surface area contributed by atoms with Crippen LogP contribution in [0.1, 0.15) is 32.1 Å². The van der Waals surface area contributed by atoms with E-state index in [1.54, 1.807) is 0 Å². The fraction of sp³-hybridized carbons (Fsp3) is 0.923. The Bertz CT molecular complexity index is 299. The van der Waals surface area contributed by atoms with Gasteiger partial charge in [0.15, 0.2) is 0 Å². The zero-order chi connectivity index (χ0) is 11.7. The van der Waals surface area contributed by atoms with Gasteiger partial charge in [-0.2, -0.15) is 0 Å². The summed E-state index contributed by atoms with van der Waals surface area (Å²) in [4.78, 5) is 14.3. The maximum atomic E-state index is 12.3. The fourth-order valence-corrected chi connectivity index (χ4v) is 3.58. The van der Waals surface area contributed by atoms with Gasteiger partial charge in [-0.05, 0) is 24.7 Å². The summed E-state index contributed by atoms with van der Waals surface area (Å²) in [5.41, 5.74) is 0.470. The number of morpholine rings is 1. The van der Waals surface area contributed by atoms with Gasteiger partial charge in [-0.3, -0.25) is 4.79 Å². The predicted molar refractivity (Wildman–Crippen MR) is 72.0 cm³/mol. The summed E-state index contributed by atoms with van der Waals surface area (Å²) >= 11 is 0. The lowest BCUT2D eigenvalue weighted by Gasteiger charge is -2.28. The van der Waals surface area contributed by atoms with Gasteiger partial charge in [-0.25, -0.2) is 0 Å². The number of carbonyl (C=O) groups excluding carboxylic acids is 1. The molecule has 0 radical (unpaired) electrons. The van der Waals surface area contributed by atoms with E-state index in [1.807, 2.05) is 4.90 Å². The van der Waals surface area contributed by atoms with Crippen molar-refractivity contribution >= 4 is 18.3 Å². The summed E-state index contributed by atoms with van der Waals surface area (Å²) in [6.07, 6.45) is 6.31. The van der Waals surface area contributed by atoms with Crippen LogP contribution in [0.3, 0.4) is 0 Å². The molecule has 1 N–H and O–H groups in total.